The van der Waals surface area contributed by atoms with Gasteiger partial charge in [-0.1, -0.05) is 35.3 Å². The average molecular weight is 431 g/mol. The zero-order valence-electron chi connectivity index (χ0n) is 14.9. The first-order valence-electron chi connectivity index (χ1n) is 8.10. The molecule has 0 unspecified atom stereocenters. The van der Waals surface area contributed by atoms with Gasteiger partial charge in [0, 0.05) is 5.02 Å². The number of carbonyl (C=O) groups excluding carboxylic acids is 1. The molecule has 0 aliphatic carbocycles. The van der Waals surface area contributed by atoms with E-state index >= 15 is 0 Å². The van der Waals surface area contributed by atoms with E-state index in [9.17, 15) is 13.2 Å². The highest BCUT2D eigenvalue weighted by atomic mass is 35.5. The van der Waals surface area contributed by atoms with Crippen LogP contribution in [0.3, 0.4) is 0 Å². The number of nitrogens with zero attached hydrogens (tertiary/aromatic N) is 1. The molecule has 1 atom stereocenters. The van der Waals surface area contributed by atoms with Crippen molar-refractivity contribution in [2.45, 2.75) is 13.0 Å². The van der Waals surface area contributed by atoms with Gasteiger partial charge in [-0.3, -0.25) is 9.10 Å². The summed E-state index contributed by atoms with van der Waals surface area (Å²) < 4.78 is 30.9. The minimum atomic E-state index is -3.67. The molecular formula is C18H20Cl2N2O4S. The van der Waals surface area contributed by atoms with Crippen LogP contribution in [0.15, 0.2) is 48.5 Å². The second kappa shape index (κ2) is 9.30. The molecule has 1 amide bonds. The summed E-state index contributed by atoms with van der Waals surface area (Å²) in [6.45, 7) is 1.91. The molecule has 2 rings (SSSR count). The number of nitrogens with one attached hydrogen (secondary N) is 1. The maximum atomic E-state index is 12.4. The second-order valence-electron chi connectivity index (χ2n) is 5.78. The van der Waals surface area contributed by atoms with Gasteiger partial charge in [0.2, 0.25) is 15.9 Å². The van der Waals surface area contributed by atoms with Gasteiger partial charge in [-0.2, -0.15) is 0 Å². The Morgan fingerprint density at radius 2 is 1.78 bits per heavy atom. The summed E-state index contributed by atoms with van der Waals surface area (Å²) in [7, 11) is -3.67. The topological polar surface area (TPSA) is 75.7 Å². The quantitative estimate of drug-likeness (QED) is 0.651. The lowest BCUT2D eigenvalue weighted by Crippen LogP contribution is -2.48. The molecule has 0 saturated carbocycles. The lowest BCUT2D eigenvalue weighted by atomic mass is 10.2. The first-order chi connectivity index (χ1) is 12.7. The molecule has 0 aromatic heterocycles. The summed E-state index contributed by atoms with van der Waals surface area (Å²) in [6.07, 6.45) is 1.05. The van der Waals surface area contributed by atoms with E-state index in [1.54, 1.807) is 48.5 Å². The molecule has 0 aliphatic rings. The monoisotopic (exact) mass is 430 g/mol. The van der Waals surface area contributed by atoms with E-state index in [1.807, 2.05) is 0 Å². The lowest BCUT2D eigenvalue weighted by Gasteiger charge is -2.28. The van der Waals surface area contributed by atoms with Gasteiger partial charge in [0.05, 0.1) is 23.5 Å². The van der Waals surface area contributed by atoms with Crippen LogP contribution in [-0.2, 0) is 14.8 Å². The summed E-state index contributed by atoms with van der Waals surface area (Å²) in [5, 5.41) is 3.62. The Bertz CT molecular complexity index is 888. The standard InChI is InChI=1S/C18H20Cl2N2O4S/c1-13(22(27(2,24)25)15-9-7-14(19)8-10-15)18(23)21-11-12-26-17-6-4-3-5-16(17)20/h3-10,13H,11-12H2,1-2H3,(H,21,23)/t13-/m1/s1. The molecule has 1 N–H and O–H groups in total. The molecule has 146 valence electrons. The van der Waals surface area contributed by atoms with Crippen molar-refractivity contribution in [2.24, 2.45) is 0 Å². The van der Waals surface area contributed by atoms with Crippen molar-refractivity contribution in [3.8, 4) is 5.75 Å². The molecule has 0 fully saturated rings. The fourth-order valence-electron chi connectivity index (χ4n) is 2.44. The summed E-state index contributed by atoms with van der Waals surface area (Å²) in [6, 6.07) is 12.3. The van der Waals surface area contributed by atoms with E-state index in [4.69, 9.17) is 27.9 Å². The lowest BCUT2D eigenvalue weighted by molar-refractivity contribution is -0.121. The molecule has 27 heavy (non-hydrogen) atoms. The van der Waals surface area contributed by atoms with Crippen LogP contribution < -0.4 is 14.4 Å². The minimum absolute atomic E-state index is 0.196. The van der Waals surface area contributed by atoms with Gasteiger partial charge in [0.25, 0.3) is 0 Å². The Labute approximate surface area is 169 Å². The highest BCUT2D eigenvalue weighted by molar-refractivity contribution is 7.92. The smallest absolute Gasteiger partial charge is 0.243 e. The number of sulfonamides is 1. The number of benzene rings is 2. The largest absolute Gasteiger partial charge is 0.490 e. The first-order valence-corrected chi connectivity index (χ1v) is 10.7. The summed E-state index contributed by atoms with van der Waals surface area (Å²) in [4.78, 5) is 12.4. The molecule has 0 aliphatic heterocycles. The Morgan fingerprint density at radius 3 is 2.37 bits per heavy atom. The predicted octanol–water partition coefficient (Wildman–Crippen LogP) is 3.34. The molecule has 0 saturated heterocycles. The van der Waals surface area contributed by atoms with E-state index in [0.717, 1.165) is 10.6 Å². The van der Waals surface area contributed by atoms with Crippen molar-refractivity contribution in [2.75, 3.05) is 23.7 Å². The number of anilines is 1. The predicted molar refractivity (Wildman–Crippen MR) is 108 cm³/mol. The van der Waals surface area contributed by atoms with Crippen LogP contribution in [0.5, 0.6) is 5.75 Å². The third-order valence-electron chi connectivity index (χ3n) is 3.67. The van der Waals surface area contributed by atoms with Crippen LogP contribution >= 0.6 is 23.2 Å². The number of para-hydroxylation sites is 1. The highest BCUT2D eigenvalue weighted by Crippen LogP contribution is 2.24. The molecule has 2 aromatic carbocycles. The van der Waals surface area contributed by atoms with Crippen LogP contribution in [0.25, 0.3) is 0 Å². The van der Waals surface area contributed by atoms with Crippen molar-refractivity contribution in [3.63, 3.8) is 0 Å². The van der Waals surface area contributed by atoms with Gasteiger partial charge in [0.1, 0.15) is 18.4 Å². The van der Waals surface area contributed by atoms with Gasteiger partial charge in [-0.15, -0.1) is 0 Å². The zero-order chi connectivity index (χ0) is 20.0. The van der Waals surface area contributed by atoms with Gasteiger partial charge in [-0.25, -0.2) is 8.42 Å². The molecule has 0 bridgehead atoms. The normalized spacial score (nSPS) is 12.3. The van der Waals surface area contributed by atoms with Crippen LogP contribution in [0.4, 0.5) is 5.69 Å². The number of rotatable bonds is 8. The second-order valence-corrected chi connectivity index (χ2v) is 8.48. The van der Waals surface area contributed by atoms with E-state index < -0.39 is 22.0 Å². The van der Waals surface area contributed by atoms with E-state index in [-0.39, 0.29) is 13.2 Å². The molecule has 2 aromatic rings. The molecule has 9 heteroatoms. The third-order valence-corrected chi connectivity index (χ3v) is 5.47. The maximum Gasteiger partial charge on any atom is 0.243 e. The number of hydrogen-bond donors (Lipinski definition) is 1. The maximum absolute atomic E-state index is 12.4. The fourth-order valence-corrected chi connectivity index (χ4v) is 3.93. The molecule has 0 spiro atoms. The van der Waals surface area contributed by atoms with Crippen LogP contribution in [0, 0.1) is 0 Å². The van der Waals surface area contributed by atoms with E-state index in [0.29, 0.717) is 21.5 Å². The average Bonchev–Trinajstić information content (AvgIpc) is 2.60. The Kier molecular flexibility index (Phi) is 7.35. The van der Waals surface area contributed by atoms with Crippen LogP contribution in [-0.4, -0.2) is 39.8 Å². The fraction of sp³-hybridized carbons (Fsp3) is 0.278. The third kappa shape index (κ3) is 6.02. The summed E-state index contributed by atoms with van der Waals surface area (Å²) in [5.74, 6) is 0.0681. The van der Waals surface area contributed by atoms with E-state index in [1.165, 1.54) is 6.92 Å². The van der Waals surface area contributed by atoms with Crippen LogP contribution in [0.1, 0.15) is 6.92 Å². The highest BCUT2D eigenvalue weighted by Gasteiger charge is 2.28. The first kappa shape index (κ1) is 21.3. The Balaban J connectivity index is 1.98. The van der Waals surface area contributed by atoms with Gasteiger partial charge in [0.15, 0.2) is 0 Å². The van der Waals surface area contributed by atoms with Gasteiger partial charge < -0.3 is 10.1 Å². The van der Waals surface area contributed by atoms with Gasteiger partial charge >= 0.3 is 0 Å². The number of carbonyl (C=O) groups is 1. The summed E-state index contributed by atoms with van der Waals surface area (Å²) >= 11 is 11.8. The van der Waals surface area contributed by atoms with Crippen molar-refractivity contribution in [1.82, 2.24) is 5.32 Å². The number of halogens is 2. The number of amides is 1. The van der Waals surface area contributed by atoms with Crippen molar-refractivity contribution in [3.05, 3.63) is 58.6 Å². The molecule has 0 heterocycles. The number of ether oxygens (including phenoxy) is 1. The molecule has 0 radical (unpaired) electrons. The molecule has 6 nitrogen and oxygen atoms in total. The van der Waals surface area contributed by atoms with Crippen molar-refractivity contribution >= 4 is 44.8 Å². The zero-order valence-corrected chi connectivity index (χ0v) is 17.2. The Morgan fingerprint density at radius 1 is 1.15 bits per heavy atom. The van der Waals surface area contributed by atoms with Crippen molar-refractivity contribution in [1.29, 1.82) is 0 Å². The van der Waals surface area contributed by atoms with E-state index in [2.05, 4.69) is 5.32 Å². The number of hydrogen-bond acceptors (Lipinski definition) is 4. The SMILES string of the molecule is C[C@H](C(=O)NCCOc1ccccc1Cl)N(c1ccc(Cl)cc1)S(C)(=O)=O. The summed E-state index contributed by atoms with van der Waals surface area (Å²) in [5.41, 5.74) is 0.358. The Hall–Kier alpha value is -1.96. The van der Waals surface area contributed by atoms with Crippen LogP contribution in [0.2, 0.25) is 10.0 Å². The molecular weight excluding hydrogens is 411 g/mol. The minimum Gasteiger partial charge on any atom is -0.490 e. The van der Waals surface area contributed by atoms with Gasteiger partial charge in [-0.05, 0) is 43.3 Å². The van der Waals surface area contributed by atoms with Crippen molar-refractivity contribution < 1.29 is 17.9 Å².